The van der Waals surface area contributed by atoms with Gasteiger partial charge in [-0.05, 0) is 12.1 Å². The molecule has 2 aromatic rings. The normalized spacial score (nSPS) is 18.2. The van der Waals surface area contributed by atoms with Crippen molar-refractivity contribution in [3.8, 4) is 0 Å². The number of rotatable bonds is 1. The van der Waals surface area contributed by atoms with Gasteiger partial charge in [0.15, 0.2) is 0 Å². The minimum absolute atomic E-state index is 0.241. The Morgan fingerprint density at radius 2 is 1.43 bits per heavy atom. The van der Waals surface area contributed by atoms with E-state index >= 15 is 0 Å². The minimum atomic E-state index is -1.74. The summed E-state index contributed by atoms with van der Waals surface area (Å²) < 4.78 is 5.64. The average Bonchev–Trinajstić information content (AvgIpc) is 3.08. The Balaban J connectivity index is 1.74. The van der Waals surface area contributed by atoms with E-state index in [1.54, 1.807) is 36.4 Å². The highest BCUT2D eigenvalue weighted by Crippen LogP contribution is 2.34. The molecule has 1 heterocycles. The highest BCUT2D eigenvalue weighted by molar-refractivity contribution is 6.33. The van der Waals surface area contributed by atoms with E-state index in [0.717, 1.165) is 0 Å². The van der Waals surface area contributed by atoms with Gasteiger partial charge < -0.3 is 4.74 Å². The third-order valence-electron chi connectivity index (χ3n) is 3.64. The molecular weight excluding hydrogens is 268 g/mol. The lowest BCUT2D eigenvalue weighted by Crippen LogP contribution is -2.51. The smallest absolute Gasteiger partial charge is 0.324 e. The fourth-order valence-electron chi connectivity index (χ4n) is 2.58. The summed E-state index contributed by atoms with van der Waals surface area (Å²) in [5.41, 5.74) is 2.28. The average molecular weight is 278 g/mol. The molecule has 0 unspecified atom stereocenters. The van der Waals surface area contributed by atoms with E-state index in [9.17, 15) is 9.59 Å². The summed E-state index contributed by atoms with van der Waals surface area (Å²) in [4.78, 5) is 25.1. The molecule has 1 spiro atoms. The van der Waals surface area contributed by atoms with Gasteiger partial charge in [0.25, 0.3) is 0 Å². The number of Topliss-reactive ketones (excluding diaryl/α,β-unsaturated/α-hetero) is 2. The molecule has 0 fully saturated rings. The minimum Gasteiger partial charge on any atom is -0.432 e. The molecule has 1 aliphatic carbocycles. The first kappa shape index (κ1) is 11.8. The van der Waals surface area contributed by atoms with Gasteiger partial charge in [-0.25, -0.2) is 0 Å². The largest absolute Gasteiger partial charge is 0.432 e. The number of hydrogen-bond acceptors (Lipinski definition) is 5. The molecule has 0 bridgehead atoms. The van der Waals surface area contributed by atoms with Crippen LogP contribution in [0.25, 0.3) is 0 Å². The van der Waals surface area contributed by atoms with Crippen molar-refractivity contribution in [2.24, 2.45) is 5.10 Å². The molecular formula is C16H10N2O3. The molecule has 2 aromatic carbocycles. The Kier molecular flexibility index (Phi) is 2.27. The standard InChI is InChI=1S/C16H10N2O3/c19-13-11-8-4-5-9-12(11)14(20)16(13)18-17-15(21-16)10-6-2-1-3-7-10/h1-9,18H. The molecule has 5 nitrogen and oxygen atoms in total. The van der Waals surface area contributed by atoms with Gasteiger partial charge in [0.1, 0.15) is 0 Å². The molecule has 21 heavy (non-hydrogen) atoms. The van der Waals surface area contributed by atoms with Crippen LogP contribution in [-0.2, 0) is 4.74 Å². The number of benzene rings is 2. The first-order valence-electron chi connectivity index (χ1n) is 6.50. The number of hydrazone groups is 1. The van der Waals surface area contributed by atoms with Crippen LogP contribution in [0, 0.1) is 0 Å². The predicted molar refractivity (Wildman–Crippen MR) is 75.0 cm³/mol. The summed E-state index contributed by atoms with van der Waals surface area (Å²) >= 11 is 0. The summed E-state index contributed by atoms with van der Waals surface area (Å²) in [6.45, 7) is 0. The molecule has 1 aliphatic heterocycles. The third-order valence-corrected chi connectivity index (χ3v) is 3.64. The second-order valence-electron chi connectivity index (χ2n) is 4.88. The first-order chi connectivity index (χ1) is 10.2. The van der Waals surface area contributed by atoms with Crippen molar-refractivity contribution in [3.05, 3.63) is 71.3 Å². The lowest BCUT2D eigenvalue weighted by molar-refractivity contribution is 0.0363. The quantitative estimate of drug-likeness (QED) is 0.807. The van der Waals surface area contributed by atoms with Gasteiger partial charge in [-0.3, -0.25) is 15.0 Å². The van der Waals surface area contributed by atoms with E-state index < -0.39 is 17.3 Å². The zero-order valence-corrected chi connectivity index (χ0v) is 10.9. The van der Waals surface area contributed by atoms with Crippen LogP contribution in [0.1, 0.15) is 26.3 Å². The lowest BCUT2D eigenvalue weighted by atomic mass is 10.1. The Hall–Kier alpha value is -2.95. The van der Waals surface area contributed by atoms with E-state index in [2.05, 4.69) is 10.5 Å². The highest BCUT2D eigenvalue weighted by atomic mass is 16.6. The van der Waals surface area contributed by atoms with Crippen molar-refractivity contribution in [1.82, 2.24) is 5.43 Å². The molecule has 0 saturated heterocycles. The number of fused-ring (bicyclic) bond motifs is 1. The molecule has 0 atom stereocenters. The van der Waals surface area contributed by atoms with Gasteiger partial charge in [-0.1, -0.05) is 42.5 Å². The maximum absolute atomic E-state index is 12.5. The topological polar surface area (TPSA) is 67.8 Å². The molecule has 1 N–H and O–H groups in total. The van der Waals surface area contributed by atoms with Gasteiger partial charge in [0.05, 0.1) is 0 Å². The van der Waals surface area contributed by atoms with Crippen LogP contribution in [0.3, 0.4) is 0 Å². The Morgan fingerprint density at radius 1 is 0.857 bits per heavy atom. The van der Waals surface area contributed by atoms with Crippen LogP contribution < -0.4 is 5.43 Å². The summed E-state index contributed by atoms with van der Waals surface area (Å²) in [6, 6.07) is 15.8. The molecule has 0 aromatic heterocycles. The Morgan fingerprint density at radius 3 is 2.05 bits per heavy atom. The summed E-state index contributed by atoms with van der Waals surface area (Å²) in [6.07, 6.45) is 0. The van der Waals surface area contributed by atoms with Crippen molar-refractivity contribution < 1.29 is 14.3 Å². The van der Waals surface area contributed by atoms with Crippen molar-refractivity contribution >= 4 is 17.5 Å². The summed E-state index contributed by atoms with van der Waals surface area (Å²) in [5, 5.41) is 4.03. The van der Waals surface area contributed by atoms with Gasteiger partial charge >= 0.3 is 5.72 Å². The zero-order chi connectivity index (χ0) is 14.4. The van der Waals surface area contributed by atoms with Crippen LogP contribution in [0.5, 0.6) is 0 Å². The van der Waals surface area contributed by atoms with Crippen LogP contribution in [-0.4, -0.2) is 23.2 Å². The van der Waals surface area contributed by atoms with Gasteiger partial charge in [-0.2, -0.15) is 0 Å². The number of hydrogen-bond donors (Lipinski definition) is 1. The van der Waals surface area contributed by atoms with Crippen LogP contribution in [0.4, 0.5) is 0 Å². The van der Waals surface area contributed by atoms with Crippen LogP contribution >= 0.6 is 0 Å². The van der Waals surface area contributed by atoms with Crippen LogP contribution in [0.2, 0.25) is 0 Å². The van der Waals surface area contributed by atoms with E-state index in [-0.39, 0.29) is 5.90 Å². The number of carbonyl (C=O) groups is 2. The second kappa shape index (κ2) is 4.02. The summed E-state index contributed by atoms with van der Waals surface area (Å²) in [5.74, 6) is -0.569. The number of carbonyl (C=O) groups excluding carboxylic acids is 2. The molecule has 0 saturated carbocycles. The fraction of sp³-hybridized carbons (Fsp3) is 0.0625. The molecule has 5 heteroatoms. The fourth-order valence-corrected chi connectivity index (χ4v) is 2.58. The predicted octanol–water partition coefficient (Wildman–Crippen LogP) is 1.74. The van der Waals surface area contributed by atoms with E-state index in [1.165, 1.54) is 0 Å². The third kappa shape index (κ3) is 1.48. The lowest BCUT2D eigenvalue weighted by Gasteiger charge is -2.19. The van der Waals surface area contributed by atoms with E-state index in [1.807, 2.05) is 18.2 Å². The molecule has 0 amide bonds. The number of nitrogens with one attached hydrogen (secondary N) is 1. The molecule has 4 rings (SSSR count). The van der Waals surface area contributed by atoms with Crippen LogP contribution in [0.15, 0.2) is 59.7 Å². The monoisotopic (exact) mass is 278 g/mol. The maximum atomic E-state index is 12.5. The highest BCUT2D eigenvalue weighted by Gasteiger charge is 2.59. The summed E-state index contributed by atoms with van der Waals surface area (Å²) in [7, 11) is 0. The Labute approximate surface area is 120 Å². The molecule has 0 radical (unpaired) electrons. The number of ketones is 2. The maximum Gasteiger partial charge on any atom is 0.324 e. The van der Waals surface area contributed by atoms with Crippen molar-refractivity contribution in [2.45, 2.75) is 5.72 Å². The SMILES string of the molecule is O=C1c2ccccc2C(=O)C12NN=C(c1ccccc1)O2. The number of ether oxygens (including phenoxy) is 1. The van der Waals surface area contributed by atoms with Crippen molar-refractivity contribution in [2.75, 3.05) is 0 Å². The second-order valence-corrected chi connectivity index (χ2v) is 4.88. The van der Waals surface area contributed by atoms with E-state index in [4.69, 9.17) is 4.74 Å². The van der Waals surface area contributed by atoms with Gasteiger partial charge in [0, 0.05) is 16.7 Å². The first-order valence-corrected chi connectivity index (χ1v) is 6.50. The van der Waals surface area contributed by atoms with Crippen molar-refractivity contribution in [1.29, 1.82) is 0 Å². The molecule has 2 aliphatic rings. The molecule has 102 valence electrons. The zero-order valence-electron chi connectivity index (χ0n) is 10.9. The van der Waals surface area contributed by atoms with E-state index in [0.29, 0.717) is 16.7 Å². The van der Waals surface area contributed by atoms with Gasteiger partial charge in [0.2, 0.25) is 17.5 Å². The van der Waals surface area contributed by atoms with Gasteiger partial charge in [-0.15, -0.1) is 5.10 Å². The van der Waals surface area contributed by atoms with Crippen molar-refractivity contribution in [3.63, 3.8) is 0 Å². The number of nitrogens with zero attached hydrogens (tertiary/aromatic N) is 1. The Bertz CT molecular complexity index is 761.